The zero-order chi connectivity index (χ0) is 14.0. The molecular formula is C14H15BrN2O2. The van der Waals surface area contributed by atoms with Crippen molar-refractivity contribution in [2.75, 3.05) is 0 Å². The second-order valence-electron chi connectivity index (χ2n) is 4.52. The van der Waals surface area contributed by atoms with Crippen molar-refractivity contribution in [2.24, 2.45) is 0 Å². The Morgan fingerprint density at radius 3 is 2.74 bits per heavy atom. The van der Waals surface area contributed by atoms with Crippen LogP contribution in [0.1, 0.15) is 31.7 Å². The van der Waals surface area contributed by atoms with E-state index in [1.165, 1.54) is 0 Å². The molecule has 0 spiro atoms. The second kappa shape index (κ2) is 5.65. The number of nitro groups is 1. The summed E-state index contributed by atoms with van der Waals surface area (Å²) in [5, 5.41) is 11.7. The summed E-state index contributed by atoms with van der Waals surface area (Å²) in [5.74, 6) is 0.290. The van der Waals surface area contributed by atoms with Crippen molar-refractivity contribution in [1.29, 1.82) is 0 Å². The number of rotatable bonds is 4. The molecule has 0 radical (unpaired) electrons. The molecule has 1 aromatic carbocycles. The molecule has 4 nitrogen and oxygen atoms in total. The fraction of sp³-hybridized carbons (Fsp3) is 0.357. The van der Waals surface area contributed by atoms with Crippen molar-refractivity contribution in [2.45, 2.75) is 31.0 Å². The second-order valence-corrected chi connectivity index (χ2v) is 5.97. The molecule has 2 rings (SSSR count). The minimum Gasteiger partial charge on any atom is -0.258 e. The fourth-order valence-corrected chi connectivity index (χ4v) is 3.09. The molecule has 0 saturated heterocycles. The van der Waals surface area contributed by atoms with Crippen LogP contribution in [0.3, 0.4) is 0 Å². The first-order valence-electron chi connectivity index (χ1n) is 6.22. The maximum absolute atomic E-state index is 11.1. The molecule has 0 amide bonds. The van der Waals surface area contributed by atoms with Gasteiger partial charge in [-0.15, -0.1) is 0 Å². The Morgan fingerprint density at radius 1 is 1.42 bits per heavy atom. The maximum atomic E-state index is 11.1. The van der Waals surface area contributed by atoms with E-state index in [2.05, 4.69) is 34.8 Å². The average Bonchev–Trinajstić information content (AvgIpc) is 2.39. The first kappa shape index (κ1) is 13.9. The van der Waals surface area contributed by atoms with Crippen LogP contribution in [0.25, 0.3) is 10.9 Å². The first-order chi connectivity index (χ1) is 9.06. The van der Waals surface area contributed by atoms with E-state index in [-0.39, 0.29) is 10.6 Å². The van der Waals surface area contributed by atoms with Gasteiger partial charge in [0.15, 0.2) is 0 Å². The number of hydrogen-bond acceptors (Lipinski definition) is 3. The SMILES string of the molecule is CCC(c1ccc([N+](=O)[O-])c2cccnc12)C(C)Br. The lowest BCUT2D eigenvalue weighted by atomic mass is 9.91. The zero-order valence-electron chi connectivity index (χ0n) is 10.8. The summed E-state index contributed by atoms with van der Waals surface area (Å²) < 4.78 is 0. The predicted molar refractivity (Wildman–Crippen MR) is 79.8 cm³/mol. The highest BCUT2D eigenvalue weighted by molar-refractivity contribution is 9.09. The molecular weight excluding hydrogens is 308 g/mol. The predicted octanol–water partition coefficient (Wildman–Crippen LogP) is 4.42. The van der Waals surface area contributed by atoms with E-state index >= 15 is 0 Å². The number of halogens is 1. The van der Waals surface area contributed by atoms with Crippen LogP contribution in [0.15, 0.2) is 30.5 Å². The van der Waals surface area contributed by atoms with E-state index in [0.717, 1.165) is 17.5 Å². The molecule has 2 aromatic rings. The van der Waals surface area contributed by atoms with Crippen LogP contribution in [-0.4, -0.2) is 14.7 Å². The molecule has 0 saturated carbocycles. The first-order valence-corrected chi connectivity index (χ1v) is 7.14. The highest BCUT2D eigenvalue weighted by Crippen LogP contribution is 2.35. The number of pyridine rings is 1. The Bertz CT molecular complexity index is 613. The molecule has 19 heavy (non-hydrogen) atoms. The Hall–Kier alpha value is -1.49. The summed E-state index contributed by atoms with van der Waals surface area (Å²) in [5.41, 5.74) is 1.91. The van der Waals surface area contributed by atoms with Crippen LogP contribution in [0.4, 0.5) is 5.69 Å². The van der Waals surface area contributed by atoms with Crippen molar-refractivity contribution in [3.8, 4) is 0 Å². The Morgan fingerprint density at radius 2 is 2.16 bits per heavy atom. The van der Waals surface area contributed by atoms with Gasteiger partial charge in [-0.3, -0.25) is 15.1 Å². The molecule has 0 aliphatic rings. The Labute approximate surface area is 120 Å². The molecule has 0 fully saturated rings. The van der Waals surface area contributed by atoms with Gasteiger partial charge in [-0.05, 0) is 36.1 Å². The lowest BCUT2D eigenvalue weighted by molar-refractivity contribution is -0.383. The zero-order valence-corrected chi connectivity index (χ0v) is 12.4. The van der Waals surface area contributed by atoms with Gasteiger partial charge in [0.05, 0.1) is 15.8 Å². The molecule has 0 aliphatic carbocycles. The van der Waals surface area contributed by atoms with Crippen LogP contribution >= 0.6 is 15.9 Å². The van der Waals surface area contributed by atoms with Gasteiger partial charge in [0.1, 0.15) is 0 Å². The lowest BCUT2D eigenvalue weighted by Gasteiger charge is -2.19. The molecule has 2 unspecified atom stereocenters. The minimum absolute atomic E-state index is 0.115. The van der Waals surface area contributed by atoms with Crippen LogP contribution in [0.5, 0.6) is 0 Å². The molecule has 0 N–H and O–H groups in total. The number of nitro benzene ring substituents is 1. The van der Waals surface area contributed by atoms with E-state index in [1.807, 2.05) is 6.07 Å². The quantitative estimate of drug-likeness (QED) is 0.475. The Kier molecular flexibility index (Phi) is 4.14. The van der Waals surface area contributed by atoms with Gasteiger partial charge >= 0.3 is 0 Å². The molecule has 100 valence electrons. The van der Waals surface area contributed by atoms with Crippen LogP contribution in [-0.2, 0) is 0 Å². The molecule has 0 aliphatic heterocycles. The third-order valence-electron chi connectivity index (χ3n) is 3.37. The van der Waals surface area contributed by atoms with Crippen molar-refractivity contribution in [3.63, 3.8) is 0 Å². The largest absolute Gasteiger partial charge is 0.278 e. The molecule has 1 aromatic heterocycles. The lowest BCUT2D eigenvalue weighted by Crippen LogP contribution is -2.09. The number of benzene rings is 1. The summed E-state index contributed by atoms with van der Waals surface area (Å²) in [6.45, 7) is 4.20. The molecule has 2 atom stereocenters. The van der Waals surface area contributed by atoms with Crippen molar-refractivity contribution < 1.29 is 4.92 Å². The smallest absolute Gasteiger partial charge is 0.258 e. The van der Waals surface area contributed by atoms with Gasteiger partial charge in [0, 0.05) is 17.1 Å². The number of hydrogen-bond donors (Lipinski definition) is 0. The number of nitrogens with zero attached hydrogens (tertiary/aromatic N) is 2. The number of aromatic nitrogens is 1. The van der Waals surface area contributed by atoms with Crippen LogP contribution < -0.4 is 0 Å². The number of alkyl halides is 1. The molecule has 0 bridgehead atoms. The molecule has 1 heterocycles. The van der Waals surface area contributed by atoms with E-state index in [1.54, 1.807) is 24.4 Å². The molecule has 5 heteroatoms. The van der Waals surface area contributed by atoms with Gasteiger partial charge in [0.2, 0.25) is 0 Å². The maximum Gasteiger partial charge on any atom is 0.278 e. The van der Waals surface area contributed by atoms with E-state index in [4.69, 9.17) is 0 Å². The van der Waals surface area contributed by atoms with Crippen molar-refractivity contribution >= 4 is 32.5 Å². The standard InChI is InChI=1S/C14H15BrN2O2/c1-3-10(9(2)15)11-6-7-13(17(18)19)12-5-4-8-16-14(11)12/h4-10H,3H2,1-2H3. The number of fused-ring (bicyclic) bond motifs is 1. The fourth-order valence-electron chi connectivity index (χ4n) is 2.43. The van der Waals surface area contributed by atoms with Gasteiger partial charge < -0.3 is 0 Å². The highest BCUT2D eigenvalue weighted by Gasteiger charge is 2.22. The third-order valence-corrected chi connectivity index (χ3v) is 4.01. The number of non-ortho nitro benzene ring substituents is 1. The monoisotopic (exact) mass is 322 g/mol. The van der Waals surface area contributed by atoms with E-state index in [0.29, 0.717) is 16.1 Å². The van der Waals surface area contributed by atoms with Gasteiger partial charge in [0.25, 0.3) is 5.69 Å². The Balaban J connectivity index is 2.71. The minimum atomic E-state index is -0.355. The summed E-state index contributed by atoms with van der Waals surface area (Å²) >= 11 is 3.61. The van der Waals surface area contributed by atoms with Gasteiger partial charge in [-0.2, -0.15) is 0 Å². The van der Waals surface area contributed by atoms with Gasteiger partial charge in [-0.25, -0.2) is 0 Å². The normalized spacial score (nSPS) is 14.3. The topological polar surface area (TPSA) is 56.0 Å². The van der Waals surface area contributed by atoms with Crippen molar-refractivity contribution in [1.82, 2.24) is 4.98 Å². The van der Waals surface area contributed by atoms with Crippen LogP contribution in [0, 0.1) is 10.1 Å². The van der Waals surface area contributed by atoms with E-state index in [9.17, 15) is 10.1 Å². The van der Waals surface area contributed by atoms with Crippen LogP contribution in [0.2, 0.25) is 0 Å². The van der Waals surface area contributed by atoms with Crippen molar-refractivity contribution in [3.05, 3.63) is 46.1 Å². The summed E-state index contributed by atoms with van der Waals surface area (Å²) in [4.78, 5) is 15.4. The summed E-state index contributed by atoms with van der Waals surface area (Å²) in [6, 6.07) is 6.91. The summed E-state index contributed by atoms with van der Waals surface area (Å²) in [7, 11) is 0. The van der Waals surface area contributed by atoms with E-state index < -0.39 is 0 Å². The highest BCUT2D eigenvalue weighted by atomic mass is 79.9. The summed E-state index contributed by atoms with van der Waals surface area (Å²) in [6.07, 6.45) is 2.64. The third kappa shape index (κ3) is 2.61. The van der Waals surface area contributed by atoms with Gasteiger partial charge in [-0.1, -0.05) is 29.8 Å². The average molecular weight is 323 g/mol.